The minimum atomic E-state index is -2.87. The molecule has 0 spiro atoms. The molecule has 0 amide bonds. The van der Waals surface area contributed by atoms with E-state index in [1.807, 2.05) is 17.8 Å². The molecule has 3 heterocycles. The quantitative estimate of drug-likeness (QED) is 0.496. The molecule has 0 aliphatic carbocycles. The van der Waals surface area contributed by atoms with Crippen molar-refractivity contribution in [2.75, 3.05) is 18.0 Å². The van der Waals surface area contributed by atoms with Crippen molar-refractivity contribution >= 4 is 36.3 Å². The van der Waals surface area contributed by atoms with E-state index < -0.39 is 8.25 Å². The molecule has 0 aliphatic rings. The largest absolute Gasteiger partial charge is 0.692 e. The molecule has 3 rings (SSSR count). The van der Waals surface area contributed by atoms with Crippen LogP contribution < -0.4 is 10.6 Å². The molecule has 3 aromatic heterocycles. The van der Waals surface area contributed by atoms with Crippen LogP contribution in [0.15, 0.2) is 30.3 Å². The molecular formula is C12H17N7O3PS2+. The third-order valence-corrected chi connectivity index (χ3v) is 4.38. The van der Waals surface area contributed by atoms with Crippen molar-refractivity contribution in [2.45, 2.75) is 13.0 Å². The van der Waals surface area contributed by atoms with Crippen molar-refractivity contribution in [3.63, 3.8) is 0 Å². The van der Waals surface area contributed by atoms with E-state index in [4.69, 9.17) is 20.1 Å². The Hall–Kier alpha value is -1.82. The van der Waals surface area contributed by atoms with Gasteiger partial charge >= 0.3 is 8.25 Å². The average Bonchev–Trinajstić information content (AvgIpc) is 3.32. The van der Waals surface area contributed by atoms with Gasteiger partial charge in [-0.1, -0.05) is 0 Å². The molecule has 13 heteroatoms. The van der Waals surface area contributed by atoms with Crippen molar-refractivity contribution < 1.29 is 14.4 Å². The lowest BCUT2D eigenvalue weighted by Crippen LogP contribution is -2.25. The first-order valence-electron chi connectivity index (χ1n) is 7.10. The van der Waals surface area contributed by atoms with Gasteiger partial charge < -0.3 is 10.6 Å². The van der Waals surface area contributed by atoms with Gasteiger partial charge in [-0.05, 0) is 13.0 Å². The molecule has 0 atom stereocenters. The number of hydrogen-bond acceptors (Lipinski definition) is 9. The normalized spacial score (nSPS) is 10.2. The van der Waals surface area contributed by atoms with Gasteiger partial charge in [0, 0.05) is 46.6 Å². The van der Waals surface area contributed by atoms with Crippen LogP contribution in [0.1, 0.15) is 11.4 Å². The molecule has 0 aliphatic heterocycles. The second-order valence-electron chi connectivity index (χ2n) is 4.59. The van der Waals surface area contributed by atoms with Gasteiger partial charge in [0.25, 0.3) is 0 Å². The van der Waals surface area contributed by atoms with E-state index in [1.165, 1.54) is 11.5 Å². The molecule has 0 unspecified atom stereocenters. The highest BCUT2D eigenvalue weighted by molar-refractivity contribution is 7.30. The molecule has 10 nitrogen and oxygen atoms in total. The monoisotopic (exact) mass is 402 g/mol. The van der Waals surface area contributed by atoms with Gasteiger partial charge in [-0.25, -0.2) is 9.97 Å². The Kier molecular flexibility index (Phi) is 7.98. The van der Waals surface area contributed by atoms with Gasteiger partial charge in [-0.2, -0.15) is 9.36 Å². The number of thiazole rings is 1. The number of hydrogen-bond donors (Lipinski definition) is 3. The van der Waals surface area contributed by atoms with E-state index in [9.17, 15) is 0 Å². The molecule has 0 saturated carbocycles. The first-order valence-corrected chi connectivity index (χ1v) is 9.92. The van der Waals surface area contributed by atoms with Gasteiger partial charge in [0.05, 0.1) is 6.54 Å². The van der Waals surface area contributed by atoms with Gasteiger partial charge in [-0.15, -0.1) is 21.1 Å². The number of anilines is 1. The Bertz CT molecular complexity index is 747. The minimum absolute atomic E-state index is 0.643. The molecule has 0 aromatic carbocycles. The van der Waals surface area contributed by atoms with Gasteiger partial charge in [0.15, 0.2) is 0 Å². The predicted molar refractivity (Wildman–Crippen MR) is 95.9 cm³/mol. The summed E-state index contributed by atoms with van der Waals surface area (Å²) < 4.78 is 14.9. The van der Waals surface area contributed by atoms with E-state index in [1.54, 1.807) is 28.4 Å². The first kappa shape index (κ1) is 19.5. The summed E-state index contributed by atoms with van der Waals surface area (Å²) in [5.41, 5.74) is 5.63. The molecule has 4 N–H and O–H groups in total. The van der Waals surface area contributed by atoms with E-state index >= 15 is 0 Å². The summed E-state index contributed by atoms with van der Waals surface area (Å²) in [6, 6.07) is 0. The maximum absolute atomic E-state index is 8.70. The first-order chi connectivity index (χ1) is 12.1. The lowest BCUT2D eigenvalue weighted by Gasteiger charge is -2.19. The highest BCUT2D eigenvalue weighted by Crippen LogP contribution is 2.22. The van der Waals surface area contributed by atoms with Crippen molar-refractivity contribution in [3.8, 4) is 5.95 Å². The van der Waals surface area contributed by atoms with Crippen LogP contribution in [0.4, 0.5) is 5.13 Å². The highest BCUT2D eigenvalue weighted by atomic mass is 32.1. The Balaban J connectivity index is 0.000000511. The Labute approximate surface area is 152 Å². The van der Waals surface area contributed by atoms with Crippen molar-refractivity contribution in [3.05, 3.63) is 35.3 Å². The number of nitrogens with two attached hydrogens (primary N) is 1. The van der Waals surface area contributed by atoms with Crippen LogP contribution in [-0.2, 0) is 11.1 Å². The van der Waals surface area contributed by atoms with Crippen LogP contribution in [0.25, 0.3) is 5.95 Å². The minimum Gasteiger partial charge on any atom is -0.340 e. The average molecular weight is 402 g/mol. The molecule has 0 radical (unpaired) electrons. The summed E-state index contributed by atoms with van der Waals surface area (Å²) in [5.74, 6) is 0.643. The number of nitrogens with zero attached hydrogens (tertiary/aromatic N) is 6. The summed E-state index contributed by atoms with van der Waals surface area (Å²) >= 11 is 3.02. The molecule has 0 fully saturated rings. The zero-order valence-corrected chi connectivity index (χ0v) is 15.6. The van der Waals surface area contributed by atoms with Gasteiger partial charge in [-0.3, -0.25) is 4.57 Å². The smallest absolute Gasteiger partial charge is 0.340 e. The van der Waals surface area contributed by atoms with Crippen LogP contribution in [0.5, 0.6) is 0 Å². The Morgan fingerprint density at radius 1 is 1.36 bits per heavy atom. The molecule has 134 valence electrons. The van der Waals surface area contributed by atoms with Crippen LogP contribution in [0.3, 0.4) is 0 Å². The zero-order valence-electron chi connectivity index (χ0n) is 13.0. The lowest BCUT2D eigenvalue weighted by molar-refractivity contribution is 0.405. The molecule has 0 bridgehead atoms. The third kappa shape index (κ3) is 6.53. The number of aromatic nitrogens is 5. The SMILES string of the molecule is NCCCN(Cc1nccs1)c1nc(-n2ccnc2)ns1.O=[P+](O)O. The van der Waals surface area contributed by atoms with Gasteiger partial charge in [0.2, 0.25) is 11.1 Å². The molecule has 25 heavy (non-hydrogen) atoms. The third-order valence-electron chi connectivity index (χ3n) is 2.85. The highest BCUT2D eigenvalue weighted by Gasteiger charge is 2.14. The topological polar surface area (TPSA) is 143 Å². The molecular weight excluding hydrogens is 385 g/mol. The standard InChI is InChI=1S/C12H15N7S2.HO3P/c13-2-1-5-18(8-10-15-4-7-20-10)12-16-11(17-21-12)19-6-3-14-9-19;1-4(2)3/h3-4,6-7,9H,1-2,5,8,13H2;(H-,1,2,3)/p+1. The summed E-state index contributed by atoms with van der Waals surface area (Å²) in [6.45, 7) is 2.23. The Morgan fingerprint density at radius 3 is 2.76 bits per heavy atom. The lowest BCUT2D eigenvalue weighted by atomic mass is 10.4. The van der Waals surface area contributed by atoms with E-state index in [0.717, 1.165) is 29.6 Å². The van der Waals surface area contributed by atoms with E-state index in [-0.39, 0.29) is 0 Å². The van der Waals surface area contributed by atoms with Crippen LogP contribution in [0, 0.1) is 0 Å². The zero-order chi connectivity index (χ0) is 18.1. The van der Waals surface area contributed by atoms with E-state index in [2.05, 4.69) is 24.2 Å². The summed E-state index contributed by atoms with van der Waals surface area (Å²) in [5, 5.41) is 3.92. The summed E-state index contributed by atoms with van der Waals surface area (Å²) in [7, 11) is -2.87. The maximum Gasteiger partial charge on any atom is 0.692 e. The predicted octanol–water partition coefficient (Wildman–Crippen LogP) is 1.16. The summed E-state index contributed by atoms with van der Waals surface area (Å²) in [4.78, 5) is 29.3. The fourth-order valence-electron chi connectivity index (χ4n) is 1.84. The second-order valence-corrected chi connectivity index (χ2v) is 6.80. The number of imidazole rings is 1. The van der Waals surface area contributed by atoms with Crippen molar-refractivity contribution in [1.29, 1.82) is 0 Å². The molecule has 3 aromatic rings. The number of rotatable bonds is 7. The fourth-order valence-corrected chi connectivity index (χ4v) is 3.16. The fraction of sp³-hybridized carbons (Fsp3) is 0.333. The van der Waals surface area contributed by atoms with Crippen LogP contribution >= 0.6 is 31.1 Å². The second kappa shape index (κ2) is 10.2. The van der Waals surface area contributed by atoms with Crippen LogP contribution in [0.2, 0.25) is 0 Å². The molecule has 0 saturated heterocycles. The van der Waals surface area contributed by atoms with Crippen molar-refractivity contribution in [2.24, 2.45) is 5.73 Å². The van der Waals surface area contributed by atoms with Gasteiger partial charge in [0.1, 0.15) is 11.3 Å². The maximum atomic E-state index is 8.70. The van der Waals surface area contributed by atoms with Crippen molar-refractivity contribution in [1.82, 2.24) is 23.9 Å². The Morgan fingerprint density at radius 2 is 2.16 bits per heavy atom. The van der Waals surface area contributed by atoms with E-state index in [0.29, 0.717) is 12.5 Å². The summed E-state index contributed by atoms with van der Waals surface area (Å²) in [6.07, 6.45) is 7.96. The van der Waals surface area contributed by atoms with Crippen LogP contribution in [-0.4, -0.2) is 46.8 Å².